The number of carbonyl (C=O) groups excluding carboxylic acids is 2. The molecular formula is C16H30N2O4. The molecule has 0 heterocycles. The molecule has 0 fully saturated rings. The molecule has 6 nitrogen and oxygen atoms in total. The third-order valence-electron chi connectivity index (χ3n) is 3.47. The topological polar surface area (TPSA) is 109 Å². The van der Waals surface area contributed by atoms with Gasteiger partial charge in [-0.1, -0.05) is 38.5 Å². The van der Waals surface area contributed by atoms with Gasteiger partial charge in [-0.2, -0.15) is 0 Å². The van der Waals surface area contributed by atoms with E-state index >= 15 is 0 Å². The smallest absolute Gasteiger partial charge is 0.303 e. The number of carbonyl (C=O) groups is 3. The SMILES string of the molecule is NC(=O)CCCNC(=O)CCCCCCCCCCC(=O)O. The number of carboxylic acids is 1. The van der Waals surface area contributed by atoms with E-state index in [9.17, 15) is 14.4 Å². The summed E-state index contributed by atoms with van der Waals surface area (Å²) in [5, 5.41) is 11.3. The van der Waals surface area contributed by atoms with Crippen molar-refractivity contribution in [3.63, 3.8) is 0 Å². The Morgan fingerprint density at radius 2 is 1.23 bits per heavy atom. The van der Waals surface area contributed by atoms with Gasteiger partial charge in [-0.3, -0.25) is 14.4 Å². The van der Waals surface area contributed by atoms with Crippen LogP contribution in [0.3, 0.4) is 0 Å². The van der Waals surface area contributed by atoms with E-state index in [-0.39, 0.29) is 18.2 Å². The largest absolute Gasteiger partial charge is 0.481 e. The first kappa shape index (κ1) is 20.4. The number of nitrogens with two attached hydrogens (primary N) is 1. The summed E-state index contributed by atoms with van der Waals surface area (Å²) in [4.78, 5) is 32.3. The fraction of sp³-hybridized carbons (Fsp3) is 0.812. The van der Waals surface area contributed by atoms with Gasteiger partial charge >= 0.3 is 5.97 Å². The highest BCUT2D eigenvalue weighted by molar-refractivity contribution is 5.76. The molecule has 2 amide bonds. The number of aliphatic carboxylic acids is 1. The van der Waals surface area contributed by atoms with Gasteiger partial charge in [0.05, 0.1) is 0 Å². The Bertz CT molecular complexity index is 332. The third kappa shape index (κ3) is 16.5. The Morgan fingerprint density at radius 3 is 1.73 bits per heavy atom. The maximum absolute atomic E-state index is 11.5. The van der Waals surface area contributed by atoms with Gasteiger partial charge in [0.1, 0.15) is 0 Å². The second-order valence-corrected chi connectivity index (χ2v) is 5.64. The van der Waals surface area contributed by atoms with Gasteiger partial charge in [0, 0.05) is 25.8 Å². The zero-order chi connectivity index (χ0) is 16.6. The van der Waals surface area contributed by atoms with E-state index in [2.05, 4.69) is 5.32 Å². The first-order valence-electron chi connectivity index (χ1n) is 8.29. The predicted octanol–water partition coefficient (Wildman–Crippen LogP) is 2.35. The van der Waals surface area contributed by atoms with Gasteiger partial charge in [-0.15, -0.1) is 0 Å². The lowest BCUT2D eigenvalue weighted by Crippen LogP contribution is -2.25. The molecule has 128 valence electrons. The van der Waals surface area contributed by atoms with Crippen molar-refractivity contribution in [1.82, 2.24) is 5.32 Å². The lowest BCUT2D eigenvalue weighted by molar-refractivity contribution is -0.137. The fourth-order valence-corrected chi connectivity index (χ4v) is 2.20. The summed E-state index contributed by atoms with van der Waals surface area (Å²) in [5.74, 6) is -1.01. The van der Waals surface area contributed by atoms with Crippen LogP contribution in [0.1, 0.15) is 77.0 Å². The summed E-state index contributed by atoms with van der Waals surface area (Å²) in [5.41, 5.74) is 5.01. The lowest BCUT2D eigenvalue weighted by Gasteiger charge is -2.04. The van der Waals surface area contributed by atoms with Gasteiger partial charge in [0.15, 0.2) is 0 Å². The van der Waals surface area contributed by atoms with Crippen LogP contribution in [-0.4, -0.2) is 29.4 Å². The van der Waals surface area contributed by atoms with E-state index in [1.807, 2.05) is 0 Å². The van der Waals surface area contributed by atoms with Crippen LogP contribution < -0.4 is 11.1 Å². The standard InChI is InChI=1S/C16H30N2O4/c17-14(19)10-9-13-18-15(20)11-7-5-3-1-2-4-6-8-12-16(21)22/h1-13H2,(H2,17,19)(H,18,20)(H,21,22). The van der Waals surface area contributed by atoms with Crippen molar-refractivity contribution < 1.29 is 19.5 Å². The van der Waals surface area contributed by atoms with E-state index in [0.29, 0.717) is 25.8 Å². The zero-order valence-electron chi connectivity index (χ0n) is 13.4. The molecule has 6 heteroatoms. The van der Waals surface area contributed by atoms with E-state index < -0.39 is 5.97 Å². The highest BCUT2D eigenvalue weighted by Gasteiger charge is 2.01. The lowest BCUT2D eigenvalue weighted by atomic mass is 10.1. The maximum Gasteiger partial charge on any atom is 0.303 e. The van der Waals surface area contributed by atoms with E-state index in [0.717, 1.165) is 51.4 Å². The molecule has 0 bridgehead atoms. The molecule has 0 aromatic carbocycles. The van der Waals surface area contributed by atoms with Crippen molar-refractivity contribution in [1.29, 1.82) is 0 Å². The summed E-state index contributed by atoms with van der Waals surface area (Å²) in [6, 6.07) is 0. The number of hydrogen-bond donors (Lipinski definition) is 3. The second kappa shape index (κ2) is 14.4. The highest BCUT2D eigenvalue weighted by atomic mass is 16.4. The molecule has 0 aliphatic rings. The molecular weight excluding hydrogens is 284 g/mol. The van der Waals surface area contributed by atoms with Crippen LogP contribution in [0.25, 0.3) is 0 Å². The highest BCUT2D eigenvalue weighted by Crippen LogP contribution is 2.10. The van der Waals surface area contributed by atoms with Crippen molar-refractivity contribution in [3.05, 3.63) is 0 Å². The number of amides is 2. The Balaban J connectivity index is 3.20. The molecule has 0 spiro atoms. The minimum absolute atomic E-state index is 0.0399. The molecule has 0 saturated carbocycles. The van der Waals surface area contributed by atoms with Crippen LogP contribution in [0.2, 0.25) is 0 Å². The van der Waals surface area contributed by atoms with Crippen molar-refractivity contribution in [3.8, 4) is 0 Å². The van der Waals surface area contributed by atoms with Crippen LogP contribution in [0.4, 0.5) is 0 Å². The molecule has 4 N–H and O–H groups in total. The third-order valence-corrected chi connectivity index (χ3v) is 3.47. The molecule has 0 atom stereocenters. The molecule has 0 radical (unpaired) electrons. The monoisotopic (exact) mass is 314 g/mol. The van der Waals surface area contributed by atoms with Gasteiger partial charge in [0.2, 0.25) is 11.8 Å². The number of carboxylic acid groups (broad SMARTS) is 1. The average Bonchev–Trinajstić information content (AvgIpc) is 2.45. The Morgan fingerprint density at radius 1 is 0.727 bits per heavy atom. The first-order chi connectivity index (χ1) is 10.5. The molecule has 0 unspecified atom stereocenters. The number of nitrogens with one attached hydrogen (secondary N) is 1. The summed E-state index contributed by atoms with van der Waals surface area (Å²) in [6.07, 6.45) is 9.91. The zero-order valence-corrected chi connectivity index (χ0v) is 13.4. The normalized spacial score (nSPS) is 10.4. The Kier molecular flexibility index (Phi) is 13.3. The first-order valence-corrected chi connectivity index (χ1v) is 8.29. The van der Waals surface area contributed by atoms with Crippen molar-refractivity contribution in [2.75, 3.05) is 6.54 Å². The van der Waals surface area contributed by atoms with Crippen LogP contribution >= 0.6 is 0 Å². The minimum atomic E-state index is -0.715. The maximum atomic E-state index is 11.5. The van der Waals surface area contributed by atoms with Crippen LogP contribution in [0.5, 0.6) is 0 Å². The molecule has 0 aliphatic heterocycles. The van der Waals surface area contributed by atoms with Gasteiger partial charge < -0.3 is 16.2 Å². The van der Waals surface area contributed by atoms with E-state index in [4.69, 9.17) is 10.8 Å². The summed E-state index contributed by atoms with van der Waals surface area (Å²) < 4.78 is 0. The Hall–Kier alpha value is -1.59. The number of unbranched alkanes of at least 4 members (excludes halogenated alkanes) is 7. The molecule has 0 aromatic rings. The fourth-order valence-electron chi connectivity index (χ4n) is 2.20. The van der Waals surface area contributed by atoms with Gasteiger partial charge in [-0.25, -0.2) is 0 Å². The number of primary amides is 1. The van der Waals surface area contributed by atoms with Gasteiger partial charge in [0.25, 0.3) is 0 Å². The molecule has 0 rings (SSSR count). The quantitative estimate of drug-likeness (QED) is 0.403. The Labute approximate surface area is 132 Å². The van der Waals surface area contributed by atoms with Crippen LogP contribution in [0, 0.1) is 0 Å². The predicted molar refractivity (Wildman–Crippen MR) is 85.2 cm³/mol. The minimum Gasteiger partial charge on any atom is -0.481 e. The van der Waals surface area contributed by atoms with Gasteiger partial charge in [-0.05, 0) is 19.3 Å². The average molecular weight is 314 g/mol. The number of rotatable bonds is 15. The van der Waals surface area contributed by atoms with Crippen molar-refractivity contribution in [2.45, 2.75) is 77.0 Å². The second-order valence-electron chi connectivity index (χ2n) is 5.64. The molecule has 22 heavy (non-hydrogen) atoms. The summed E-state index contributed by atoms with van der Waals surface area (Å²) in [6.45, 7) is 0.512. The molecule has 0 saturated heterocycles. The van der Waals surface area contributed by atoms with Crippen molar-refractivity contribution in [2.24, 2.45) is 5.73 Å². The van der Waals surface area contributed by atoms with Crippen LogP contribution in [0.15, 0.2) is 0 Å². The summed E-state index contributed by atoms with van der Waals surface area (Å²) >= 11 is 0. The van der Waals surface area contributed by atoms with Crippen molar-refractivity contribution >= 4 is 17.8 Å². The number of hydrogen-bond acceptors (Lipinski definition) is 3. The molecule has 0 aliphatic carbocycles. The summed E-state index contributed by atoms with van der Waals surface area (Å²) in [7, 11) is 0. The van der Waals surface area contributed by atoms with E-state index in [1.54, 1.807) is 0 Å². The van der Waals surface area contributed by atoms with Crippen LogP contribution in [-0.2, 0) is 14.4 Å². The molecule has 0 aromatic heterocycles. The van der Waals surface area contributed by atoms with E-state index in [1.165, 1.54) is 0 Å².